The van der Waals surface area contributed by atoms with Crippen LogP contribution in [-0.4, -0.2) is 85.9 Å². The number of carboxylic acids is 1. The van der Waals surface area contributed by atoms with Crippen molar-refractivity contribution in [2.24, 2.45) is 0 Å². The van der Waals surface area contributed by atoms with Gasteiger partial charge in [-0.3, -0.25) is 9.69 Å². The van der Waals surface area contributed by atoms with Crippen molar-refractivity contribution in [2.45, 2.75) is 49.6 Å². The Morgan fingerprint density at radius 3 is 2.76 bits per heavy atom. The van der Waals surface area contributed by atoms with Gasteiger partial charge in [0.1, 0.15) is 30.5 Å². The first-order valence-electron chi connectivity index (χ1n) is 15.0. The van der Waals surface area contributed by atoms with Gasteiger partial charge in [-0.05, 0) is 37.1 Å². The standard InChI is InChI=1S/C31H29FN6O8/c32-23-9-18(37-12-20(46-30(37)42)11-35-8-7-33-34-35)3-6-25(23)45-16-31(43)10-19-14-44-28-24(38(19)15-31)5-4-21-26(28)36(17-1-2-17)13-22(27(21)39)29(40)41/h3-9,13,17,19-20,43H,1-2,10-12,14-16H2,(H,40,41)/t19-,20-,31-/m0/s1. The molecule has 2 N–H and O–H groups in total. The number of cyclic esters (lactones) is 1. The van der Waals surface area contributed by atoms with Gasteiger partial charge in [0.2, 0.25) is 5.43 Å². The summed E-state index contributed by atoms with van der Waals surface area (Å²) in [6.07, 6.45) is 5.55. The molecule has 3 atom stereocenters. The lowest BCUT2D eigenvalue weighted by Gasteiger charge is -2.34. The molecule has 2 aromatic carbocycles. The highest BCUT2D eigenvalue weighted by molar-refractivity contribution is 5.97. The number of carbonyl (C=O) groups is 2. The molecular formula is C31H29FN6O8. The number of aromatic nitrogens is 4. The van der Waals surface area contributed by atoms with Crippen molar-refractivity contribution in [3.8, 4) is 11.5 Å². The van der Waals surface area contributed by atoms with Gasteiger partial charge in [-0.25, -0.2) is 18.7 Å². The molecule has 3 aliphatic heterocycles. The minimum atomic E-state index is -1.34. The summed E-state index contributed by atoms with van der Waals surface area (Å²) in [6.45, 7) is 0.749. The van der Waals surface area contributed by atoms with E-state index in [2.05, 4.69) is 10.3 Å². The van der Waals surface area contributed by atoms with Crippen LogP contribution in [0.25, 0.3) is 10.9 Å². The molecule has 0 bridgehead atoms. The number of hydrogen-bond donors (Lipinski definition) is 2. The number of benzene rings is 2. The molecular weight excluding hydrogens is 603 g/mol. The third kappa shape index (κ3) is 4.78. The van der Waals surface area contributed by atoms with E-state index in [0.717, 1.165) is 12.8 Å². The maximum absolute atomic E-state index is 15.2. The first-order chi connectivity index (χ1) is 22.2. The number of amides is 1. The Kier molecular flexibility index (Phi) is 6.42. The van der Waals surface area contributed by atoms with Crippen LogP contribution in [0.5, 0.6) is 11.5 Å². The summed E-state index contributed by atoms with van der Waals surface area (Å²) in [5, 5.41) is 29.0. The van der Waals surface area contributed by atoms with Crippen LogP contribution in [0.3, 0.4) is 0 Å². The second-order valence-electron chi connectivity index (χ2n) is 12.3. The molecule has 1 amide bonds. The van der Waals surface area contributed by atoms with Crippen molar-refractivity contribution in [1.29, 1.82) is 0 Å². The van der Waals surface area contributed by atoms with E-state index in [-0.39, 0.29) is 55.1 Å². The summed E-state index contributed by atoms with van der Waals surface area (Å²) in [6, 6.07) is 7.39. The fourth-order valence-electron chi connectivity index (χ4n) is 6.70. The van der Waals surface area contributed by atoms with E-state index in [1.54, 1.807) is 29.1 Å². The Balaban J connectivity index is 0.987. The maximum atomic E-state index is 15.2. The van der Waals surface area contributed by atoms with Crippen molar-refractivity contribution in [3.05, 3.63) is 70.5 Å². The van der Waals surface area contributed by atoms with Gasteiger partial charge in [-0.1, -0.05) is 5.21 Å². The number of anilines is 2. The molecule has 14 nitrogen and oxygen atoms in total. The maximum Gasteiger partial charge on any atom is 0.414 e. The summed E-state index contributed by atoms with van der Waals surface area (Å²) < 4.78 is 35.9. The Hall–Kier alpha value is -5.18. The molecule has 0 unspecified atom stereocenters. The molecule has 46 heavy (non-hydrogen) atoms. The van der Waals surface area contributed by atoms with Crippen molar-refractivity contribution in [1.82, 2.24) is 19.6 Å². The number of rotatable bonds is 8. The molecule has 4 aliphatic rings. The zero-order valence-electron chi connectivity index (χ0n) is 24.4. The average Bonchev–Trinajstić information content (AvgIpc) is 3.44. The highest BCUT2D eigenvalue weighted by atomic mass is 19.1. The first-order valence-corrected chi connectivity index (χ1v) is 15.0. The molecule has 1 saturated carbocycles. The Morgan fingerprint density at radius 1 is 1.17 bits per heavy atom. The van der Waals surface area contributed by atoms with Gasteiger partial charge in [0.15, 0.2) is 17.3 Å². The number of carbonyl (C=O) groups excluding carboxylic acids is 1. The number of pyridine rings is 1. The summed E-state index contributed by atoms with van der Waals surface area (Å²) >= 11 is 0. The minimum Gasteiger partial charge on any atom is -0.487 e. The van der Waals surface area contributed by atoms with E-state index < -0.39 is 35.0 Å². The number of carboxylic acid groups (broad SMARTS) is 1. The van der Waals surface area contributed by atoms with Gasteiger partial charge >= 0.3 is 12.1 Å². The van der Waals surface area contributed by atoms with E-state index in [9.17, 15) is 24.6 Å². The van der Waals surface area contributed by atoms with E-state index >= 15 is 4.39 Å². The van der Waals surface area contributed by atoms with E-state index in [1.165, 1.54) is 29.4 Å². The summed E-state index contributed by atoms with van der Waals surface area (Å²) in [5.74, 6) is -1.56. The lowest BCUT2D eigenvalue weighted by Crippen LogP contribution is -2.40. The number of ether oxygens (including phenoxy) is 3. The molecule has 5 heterocycles. The number of hydrogen-bond acceptors (Lipinski definition) is 10. The normalized spacial score (nSPS) is 23.7. The van der Waals surface area contributed by atoms with E-state index in [4.69, 9.17) is 14.2 Å². The highest BCUT2D eigenvalue weighted by Gasteiger charge is 2.47. The van der Waals surface area contributed by atoms with Crippen LogP contribution in [0.15, 0.2) is 53.7 Å². The SMILES string of the molecule is O=C(O)c1cn(C2CC2)c2c3c(ccc2c1=O)N1C[C@](O)(COc2ccc(N4C[C@H](Cn5ccnn5)OC4=O)cc2F)C[C@H]1CO3. The molecule has 2 aromatic heterocycles. The quantitative estimate of drug-likeness (QED) is 0.294. The van der Waals surface area contributed by atoms with Crippen molar-refractivity contribution < 1.29 is 38.4 Å². The molecule has 1 aliphatic carbocycles. The monoisotopic (exact) mass is 632 g/mol. The van der Waals surface area contributed by atoms with Gasteiger partial charge in [0, 0.05) is 30.9 Å². The molecule has 238 valence electrons. The minimum absolute atomic E-state index is 0.0703. The fraction of sp³-hybridized carbons (Fsp3) is 0.387. The second-order valence-corrected chi connectivity index (χ2v) is 12.3. The smallest absolute Gasteiger partial charge is 0.414 e. The predicted octanol–water partition coefficient (Wildman–Crippen LogP) is 2.57. The van der Waals surface area contributed by atoms with Gasteiger partial charge in [0.25, 0.3) is 0 Å². The largest absolute Gasteiger partial charge is 0.487 e. The lowest BCUT2D eigenvalue weighted by atomic mass is 10.0. The molecule has 3 fully saturated rings. The van der Waals surface area contributed by atoms with Crippen LogP contribution in [-0.2, 0) is 11.3 Å². The lowest BCUT2D eigenvalue weighted by molar-refractivity contribution is 0.00980. The number of fused-ring (bicyclic) bond motifs is 5. The number of halogens is 1. The fourth-order valence-corrected chi connectivity index (χ4v) is 6.70. The van der Waals surface area contributed by atoms with Crippen LogP contribution in [0.1, 0.15) is 35.7 Å². The topological polar surface area (TPSA) is 161 Å². The Morgan fingerprint density at radius 2 is 2.02 bits per heavy atom. The van der Waals surface area contributed by atoms with Crippen LogP contribution in [0.2, 0.25) is 0 Å². The third-order valence-electron chi connectivity index (χ3n) is 9.01. The Labute approximate surface area is 260 Å². The van der Waals surface area contributed by atoms with Crippen LogP contribution < -0.4 is 24.7 Å². The van der Waals surface area contributed by atoms with Gasteiger partial charge in [0.05, 0.1) is 54.2 Å². The van der Waals surface area contributed by atoms with E-state index in [1.807, 2.05) is 9.47 Å². The van der Waals surface area contributed by atoms with Gasteiger partial charge in [-0.15, -0.1) is 5.10 Å². The first kappa shape index (κ1) is 28.3. The summed E-state index contributed by atoms with van der Waals surface area (Å²) in [7, 11) is 0. The predicted molar refractivity (Wildman–Crippen MR) is 159 cm³/mol. The molecule has 8 rings (SSSR count). The molecule has 2 saturated heterocycles. The number of aromatic carboxylic acids is 1. The highest BCUT2D eigenvalue weighted by Crippen LogP contribution is 2.47. The van der Waals surface area contributed by atoms with Crippen molar-refractivity contribution in [2.75, 3.05) is 36.1 Å². The van der Waals surface area contributed by atoms with E-state index in [0.29, 0.717) is 35.6 Å². The molecule has 0 radical (unpaired) electrons. The summed E-state index contributed by atoms with van der Waals surface area (Å²) in [4.78, 5) is 40.6. The second kappa shape index (κ2) is 10.4. The number of aliphatic hydroxyl groups is 1. The van der Waals surface area contributed by atoms with Crippen molar-refractivity contribution >= 4 is 34.3 Å². The molecule has 0 spiro atoms. The van der Waals surface area contributed by atoms with Gasteiger partial charge in [-0.2, -0.15) is 0 Å². The third-order valence-corrected chi connectivity index (χ3v) is 9.01. The van der Waals surface area contributed by atoms with Crippen LogP contribution in [0.4, 0.5) is 20.6 Å². The van der Waals surface area contributed by atoms with Crippen LogP contribution >= 0.6 is 0 Å². The molecule has 15 heteroatoms. The Bertz CT molecular complexity index is 1950. The average molecular weight is 633 g/mol. The van der Waals surface area contributed by atoms with Crippen LogP contribution in [0, 0.1) is 5.82 Å². The van der Waals surface area contributed by atoms with Crippen molar-refractivity contribution in [3.63, 3.8) is 0 Å². The summed E-state index contributed by atoms with van der Waals surface area (Å²) in [5.41, 5.74) is -0.643. The van der Waals surface area contributed by atoms with Gasteiger partial charge < -0.3 is 33.9 Å². The number of nitrogens with zero attached hydrogens (tertiary/aromatic N) is 6. The molecule has 4 aromatic rings. The zero-order chi connectivity index (χ0) is 31.7. The zero-order valence-corrected chi connectivity index (χ0v) is 24.4.